The Labute approximate surface area is 71.0 Å². The van der Waals surface area contributed by atoms with Crippen LogP contribution in [0.15, 0.2) is 24.3 Å². The summed E-state index contributed by atoms with van der Waals surface area (Å²) in [6, 6.07) is 0. The van der Waals surface area contributed by atoms with E-state index in [1.165, 1.54) is 18.4 Å². The molecule has 0 bridgehead atoms. The van der Waals surface area contributed by atoms with Crippen LogP contribution in [0.4, 0.5) is 0 Å². The number of hydrogen-bond donors (Lipinski definition) is 0. The van der Waals surface area contributed by atoms with Gasteiger partial charge in [0.25, 0.3) is 0 Å². The minimum atomic E-state index is 0.715. The van der Waals surface area contributed by atoms with Crippen LogP contribution in [0.5, 0.6) is 0 Å². The van der Waals surface area contributed by atoms with Gasteiger partial charge in [0.1, 0.15) is 0 Å². The third-order valence-electron chi connectivity index (χ3n) is 2.07. The first-order chi connectivity index (χ1) is 5.24. The lowest BCUT2D eigenvalue weighted by Crippen LogP contribution is -1.92. The van der Waals surface area contributed by atoms with Gasteiger partial charge >= 0.3 is 0 Å². The predicted octanol–water partition coefficient (Wildman–Crippen LogP) is 3.95. The third kappa shape index (κ3) is 4.83. The highest BCUT2D eigenvalue weighted by Crippen LogP contribution is 2.14. The van der Waals surface area contributed by atoms with E-state index < -0.39 is 0 Å². The summed E-state index contributed by atoms with van der Waals surface area (Å²) in [5.74, 6) is 0.715. The van der Waals surface area contributed by atoms with Crippen LogP contribution < -0.4 is 0 Å². The topological polar surface area (TPSA) is 0 Å². The summed E-state index contributed by atoms with van der Waals surface area (Å²) >= 11 is 0. The van der Waals surface area contributed by atoms with Crippen LogP contribution in [0.3, 0.4) is 0 Å². The fraction of sp³-hybridized carbons (Fsp3) is 0.636. The van der Waals surface area contributed by atoms with Crippen LogP contribution >= 0.6 is 0 Å². The molecular formula is C11H20. The van der Waals surface area contributed by atoms with Crippen molar-refractivity contribution in [3.05, 3.63) is 24.3 Å². The van der Waals surface area contributed by atoms with Gasteiger partial charge in [0.2, 0.25) is 0 Å². The monoisotopic (exact) mass is 152 g/mol. The maximum Gasteiger partial charge on any atom is -0.0199 e. The largest absolute Gasteiger partial charge is 0.103 e. The molecule has 0 N–H and O–H groups in total. The van der Waals surface area contributed by atoms with Crippen molar-refractivity contribution in [2.24, 2.45) is 5.92 Å². The van der Waals surface area contributed by atoms with Gasteiger partial charge in [-0.3, -0.25) is 0 Å². The molecule has 0 fully saturated rings. The third-order valence-corrected chi connectivity index (χ3v) is 2.07. The van der Waals surface area contributed by atoms with Crippen LogP contribution in [0.25, 0.3) is 0 Å². The van der Waals surface area contributed by atoms with Crippen molar-refractivity contribution >= 4 is 0 Å². The molecule has 0 aromatic rings. The minimum Gasteiger partial charge on any atom is -0.103 e. The van der Waals surface area contributed by atoms with E-state index in [9.17, 15) is 0 Å². The van der Waals surface area contributed by atoms with Crippen molar-refractivity contribution in [2.45, 2.75) is 40.0 Å². The Bertz CT molecular complexity index is 131. The van der Waals surface area contributed by atoms with Gasteiger partial charge < -0.3 is 0 Å². The van der Waals surface area contributed by atoms with E-state index >= 15 is 0 Å². The van der Waals surface area contributed by atoms with Gasteiger partial charge in [0, 0.05) is 0 Å². The molecule has 0 aliphatic carbocycles. The van der Waals surface area contributed by atoms with Crippen molar-refractivity contribution < 1.29 is 0 Å². The van der Waals surface area contributed by atoms with Crippen LogP contribution in [-0.2, 0) is 0 Å². The molecule has 0 heterocycles. The lowest BCUT2D eigenvalue weighted by molar-refractivity contribution is 0.632. The normalized spacial score (nSPS) is 14.6. The fourth-order valence-corrected chi connectivity index (χ4v) is 1.09. The Morgan fingerprint density at radius 2 is 2.09 bits per heavy atom. The molecule has 0 amide bonds. The maximum atomic E-state index is 3.75. The highest BCUT2D eigenvalue weighted by Gasteiger charge is 1.98. The summed E-state index contributed by atoms with van der Waals surface area (Å²) in [5, 5.41) is 0. The van der Waals surface area contributed by atoms with Crippen molar-refractivity contribution in [1.82, 2.24) is 0 Å². The summed E-state index contributed by atoms with van der Waals surface area (Å²) in [5.41, 5.74) is 1.50. The molecule has 0 aliphatic heterocycles. The van der Waals surface area contributed by atoms with E-state index in [1.807, 2.05) is 6.08 Å². The minimum absolute atomic E-state index is 0.715. The molecule has 0 saturated carbocycles. The summed E-state index contributed by atoms with van der Waals surface area (Å²) in [7, 11) is 0. The fourth-order valence-electron chi connectivity index (χ4n) is 1.09. The average Bonchev–Trinajstić information content (AvgIpc) is 2.03. The molecule has 0 aliphatic rings. The first-order valence-electron chi connectivity index (χ1n) is 4.52. The molecule has 0 heteroatoms. The summed E-state index contributed by atoms with van der Waals surface area (Å²) in [6.07, 6.45) is 7.90. The Morgan fingerprint density at radius 3 is 2.45 bits per heavy atom. The molecule has 0 aromatic heterocycles. The van der Waals surface area contributed by atoms with Gasteiger partial charge in [0.15, 0.2) is 0 Å². The van der Waals surface area contributed by atoms with E-state index in [-0.39, 0.29) is 0 Å². The Kier molecular flexibility index (Phi) is 5.91. The standard InChI is InChI=1S/C11H20/c1-5-8-11(7-3)9-10(4)6-2/h5,9,11H,1,6-8H2,2-4H3. The Hall–Kier alpha value is -0.520. The molecule has 11 heavy (non-hydrogen) atoms. The second-order valence-corrected chi connectivity index (χ2v) is 3.06. The lowest BCUT2D eigenvalue weighted by atomic mass is 9.99. The van der Waals surface area contributed by atoms with Crippen molar-refractivity contribution in [2.75, 3.05) is 0 Å². The van der Waals surface area contributed by atoms with Crippen molar-refractivity contribution in [3.8, 4) is 0 Å². The zero-order valence-corrected chi connectivity index (χ0v) is 8.06. The van der Waals surface area contributed by atoms with Crippen LogP contribution in [0, 0.1) is 5.92 Å². The molecule has 0 saturated heterocycles. The summed E-state index contributed by atoms with van der Waals surface area (Å²) in [4.78, 5) is 0. The van der Waals surface area contributed by atoms with Gasteiger partial charge in [-0.2, -0.15) is 0 Å². The molecule has 0 rings (SSSR count). The van der Waals surface area contributed by atoms with E-state index in [4.69, 9.17) is 0 Å². The zero-order valence-electron chi connectivity index (χ0n) is 8.06. The summed E-state index contributed by atoms with van der Waals surface area (Å²) in [6.45, 7) is 10.4. The average molecular weight is 152 g/mol. The smallest absolute Gasteiger partial charge is 0.0199 e. The summed E-state index contributed by atoms with van der Waals surface area (Å²) < 4.78 is 0. The molecule has 0 spiro atoms. The highest BCUT2D eigenvalue weighted by molar-refractivity contribution is 5.01. The van der Waals surface area contributed by atoms with E-state index in [0.29, 0.717) is 5.92 Å². The highest BCUT2D eigenvalue weighted by atomic mass is 14.0. The van der Waals surface area contributed by atoms with Gasteiger partial charge in [-0.1, -0.05) is 31.6 Å². The van der Waals surface area contributed by atoms with Gasteiger partial charge in [-0.25, -0.2) is 0 Å². The number of hydrogen-bond acceptors (Lipinski definition) is 0. The zero-order chi connectivity index (χ0) is 8.69. The molecule has 64 valence electrons. The van der Waals surface area contributed by atoms with Crippen LogP contribution in [0.1, 0.15) is 40.0 Å². The molecule has 1 unspecified atom stereocenters. The van der Waals surface area contributed by atoms with Gasteiger partial charge in [-0.15, -0.1) is 6.58 Å². The number of rotatable bonds is 5. The van der Waals surface area contributed by atoms with Crippen molar-refractivity contribution in [1.29, 1.82) is 0 Å². The first kappa shape index (κ1) is 10.5. The van der Waals surface area contributed by atoms with Crippen LogP contribution in [-0.4, -0.2) is 0 Å². The predicted molar refractivity (Wildman–Crippen MR) is 52.6 cm³/mol. The second-order valence-electron chi connectivity index (χ2n) is 3.06. The Balaban J connectivity index is 3.93. The molecule has 0 nitrogen and oxygen atoms in total. The molecule has 1 atom stereocenters. The first-order valence-corrected chi connectivity index (χ1v) is 4.52. The molecule has 0 radical (unpaired) electrons. The molecule has 0 aromatic carbocycles. The molecular weight excluding hydrogens is 132 g/mol. The lowest BCUT2D eigenvalue weighted by Gasteiger charge is -2.07. The van der Waals surface area contributed by atoms with Crippen molar-refractivity contribution in [3.63, 3.8) is 0 Å². The SMILES string of the molecule is C=CCC(C=C(C)CC)CC. The van der Waals surface area contributed by atoms with E-state index in [0.717, 1.165) is 6.42 Å². The quantitative estimate of drug-likeness (QED) is 0.523. The van der Waals surface area contributed by atoms with Gasteiger partial charge in [-0.05, 0) is 32.1 Å². The van der Waals surface area contributed by atoms with E-state index in [1.54, 1.807) is 0 Å². The maximum absolute atomic E-state index is 3.75. The van der Waals surface area contributed by atoms with Gasteiger partial charge in [0.05, 0.1) is 0 Å². The second kappa shape index (κ2) is 6.21. The Morgan fingerprint density at radius 1 is 1.45 bits per heavy atom. The van der Waals surface area contributed by atoms with E-state index in [2.05, 4.69) is 33.4 Å². The van der Waals surface area contributed by atoms with Crippen LogP contribution in [0.2, 0.25) is 0 Å². The number of allylic oxidation sites excluding steroid dienone is 3.